The van der Waals surface area contributed by atoms with E-state index in [0.29, 0.717) is 5.92 Å². The van der Waals surface area contributed by atoms with Gasteiger partial charge >= 0.3 is 5.97 Å². The number of esters is 1. The number of ether oxygens (including phenoxy) is 1. The Balaban J connectivity index is 1.56. The molecule has 2 aromatic heterocycles. The summed E-state index contributed by atoms with van der Waals surface area (Å²) in [6.45, 7) is 3.89. The van der Waals surface area contributed by atoms with E-state index in [1.54, 1.807) is 16.7 Å². The van der Waals surface area contributed by atoms with Crippen LogP contribution in [0.15, 0.2) is 53.2 Å². The molecule has 0 aliphatic carbocycles. The van der Waals surface area contributed by atoms with Crippen LogP contribution in [0.4, 0.5) is 0 Å². The van der Waals surface area contributed by atoms with Gasteiger partial charge in [-0.2, -0.15) is 0 Å². The molecule has 0 fully saturated rings. The van der Waals surface area contributed by atoms with Crippen LogP contribution in [0.2, 0.25) is 0 Å². The number of nitrogens with one attached hydrogen (secondary N) is 1. The Morgan fingerprint density at radius 3 is 2.57 bits per heavy atom. The van der Waals surface area contributed by atoms with Crippen molar-refractivity contribution in [2.24, 2.45) is 5.92 Å². The second-order valence-electron chi connectivity index (χ2n) is 6.75. The van der Waals surface area contributed by atoms with E-state index in [2.05, 4.69) is 24.1 Å². The number of amides is 1. The van der Waals surface area contributed by atoms with E-state index in [-0.39, 0.29) is 24.2 Å². The molecule has 0 saturated heterocycles. The first-order chi connectivity index (χ1) is 13.5. The van der Waals surface area contributed by atoms with Crippen LogP contribution in [0.25, 0.3) is 9.88 Å². The molecule has 3 rings (SSSR count). The summed E-state index contributed by atoms with van der Waals surface area (Å²) in [5.74, 6) is -0.496. The number of hydrogen-bond acceptors (Lipinski definition) is 6. The molecule has 0 aliphatic heterocycles. The summed E-state index contributed by atoms with van der Waals surface area (Å²) in [7, 11) is 0. The molecule has 0 aliphatic rings. The molecule has 0 spiro atoms. The zero-order valence-corrected chi connectivity index (χ0v) is 17.4. The summed E-state index contributed by atoms with van der Waals surface area (Å²) < 4.78 is 5.16. The SMILES string of the molecule is CC(C)CC(NC(=O)COC(=O)c1csc(-c2cccs2)n1)c1ccccc1. The van der Waals surface area contributed by atoms with Crippen LogP contribution in [0.5, 0.6) is 0 Å². The number of thiophene rings is 1. The van der Waals surface area contributed by atoms with Crippen LogP contribution < -0.4 is 5.32 Å². The lowest BCUT2D eigenvalue weighted by molar-refractivity contribution is -0.125. The molecule has 2 heterocycles. The maximum Gasteiger partial charge on any atom is 0.358 e. The molecular formula is C21H22N2O3S2. The minimum absolute atomic E-state index is 0.114. The lowest BCUT2D eigenvalue weighted by atomic mass is 9.97. The highest BCUT2D eigenvalue weighted by atomic mass is 32.1. The van der Waals surface area contributed by atoms with Crippen LogP contribution >= 0.6 is 22.7 Å². The van der Waals surface area contributed by atoms with Gasteiger partial charge in [-0.3, -0.25) is 4.79 Å². The van der Waals surface area contributed by atoms with Crippen LogP contribution in [0.3, 0.4) is 0 Å². The van der Waals surface area contributed by atoms with Gasteiger partial charge in [0.05, 0.1) is 10.9 Å². The van der Waals surface area contributed by atoms with E-state index in [0.717, 1.165) is 21.9 Å². The molecule has 0 bridgehead atoms. The Hall–Kier alpha value is -2.51. The van der Waals surface area contributed by atoms with Crippen molar-refractivity contribution in [3.8, 4) is 9.88 Å². The van der Waals surface area contributed by atoms with Crippen molar-refractivity contribution in [2.75, 3.05) is 6.61 Å². The van der Waals surface area contributed by atoms with Gasteiger partial charge < -0.3 is 10.1 Å². The molecule has 1 N–H and O–H groups in total. The van der Waals surface area contributed by atoms with E-state index in [9.17, 15) is 9.59 Å². The molecule has 7 heteroatoms. The van der Waals surface area contributed by atoms with Gasteiger partial charge in [0.15, 0.2) is 12.3 Å². The molecule has 0 radical (unpaired) electrons. The highest BCUT2D eigenvalue weighted by Crippen LogP contribution is 2.28. The molecule has 5 nitrogen and oxygen atoms in total. The molecule has 0 saturated carbocycles. The Labute approximate surface area is 172 Å². The number of thiazole rings is 1. The predicted octanol–water partition coefficient (Wildman–Crippen LogP) is 4.93. The summed E-state index contributed by atoms with van der Waals surface area (Å²) in [4.78, 5) is 29.8. The smallest absolute Gasteiger partial charge is 0.358 e. The summed E-state index contributed by atoms with van der Waals surface area (Å²) >= 11 is 2.94. The van der Waals surface area contributed by atoms with Gasteiger partial charge in [-0.15, -0.1) is 22.7 Å². The molecule has 1 unspecified atom stereocenters. The Morgan fingerprint density at radius 1 is 1.11 bits per heavy atom. The van der Waals surface area contributed by atoms with Crippen LogP contribution in [-0.2, 0) is 9.53 Å². The van der Waals surface area contributed by atoms with Crippen molar-refractivity contribution in [1.82, 2.24) is 10.3 Å². The van der Waals surface area contributed by atoms with Crippen molar-refractivity contribution in [3.63, 3.8) is 0 Å². The van der Waals surface area contributed by atoms with Crippen molar-refractivity contribution in [3.05, 3.63) is 64.5 Å². The lowest BCUT2D eigenvalue weighted by Crippen LogP contribution is -2.33. The molecule has 28 heavy (non-hydrogen) atoms. The van der Waals surface area contributed by atoms with Gasteiger partial charge in [0, 0.05) is 5.38 Å². The van der Waals surface area contributed by atoms with E-state index in [4.69, 9.17) is 4.74 Å². The third kappa shape index (κ3) is 5.50. The standard InChI is InChI=1S/C21H22N2O3S2/c1-14(2)11-16(15-7-4-3-5-8-15)22-19(24)12-26-21(25)17-13-28-20(23-17)18-9-6-10-27-18/h3-10,13-14,16H,11-12H2,1-2H3,(H,22,24). The number of benzene rings is 1. The van der Waals surface area contributed by atoms with Gasteiger partial charge in [0.25, 0.3) is 5.91 Å². The van der Waals surface area contributed by atoms with Gasteiger partial charge in [-0.25, -0.2) is 9.78 Å². The quantitative estimate of drug-likeness (QED) is 0.531. The summed E-state index contributed by atoms with van der Waals surface area (Å²) in [5.41, 5.74) is 1.26. The molecule has 1 amide bonds. The second-order valence-corrected chi connectivity index (χ2v) is 8.56. The zero-order chi connectivity index (χ0) is 19.9. The molecule has 146 valence electrons. The van der Waals surface area contributed by atoms with Crippen LogP contribution in [0.1, 0.15) is 42.4 Å². The van der Waals surface area contributed by atoms with Gasteiger partial charge in [0.2, 0.25) is 0 Å². The number of rotatable bonds is 8. The third-order valence-electron chi connectivity index (χ3n) is 4.02. The fourth-order valence-electron chi connectivity index (χ4n) is 2.76. The average Bonchev–Trinajstić information content (AvgIpc) is 3.37. The number of carbonyl (C=O) groups excluding carboxylic acids is 2. The average molecular weight is 415 g/mol. The van der Waals surface area contributed by atoms with E-state index >= 15 is 0 Å². The van der Waals surface area contributed by atoms with Crippen molar-refractivity contribution >= 4 is 34.6 Å². The van der Waals surface area contributed by atoms with Crippen LogP contribution in [0, 0.1) is 5.92 Å². The molecule has 1 aromatic carbocycles. The summed E-state index contributed by atoms with van der Waals surface area (Å²) in [6.07, 6.45) is 0.806. The molecule has 3 aromatic rings. The zero-order valence-electron chi connectivity index (χ0n) is 15.8. The lowest BCUT2D eigenvalue weighted by Gasteiger charge is -2.21. The number of hydrogen-bond donors (Lipinski definition) is 1. The van der Waals surface area contributed by atoms with Gasteiger partial charge in [-0.05, 0) is 29.3 Å². The first kappa shape index (κ1) is 20.2. The molecular weight excluding hydrogens is 392 g/mol. The minimum Gasteiger partial charge on any atom is -0.451 e. The fraction of sp³-hybridized carbons (Fsp3) is 0.286. The Morgan fingerprint density at radius 2 is 1.89 bits per heavy atom. The Kier molecular flexibility index (Phi) is 6.95. The van der Waals surface area contributed by atoms with Crippen LogP contribution in [-0.4, -0.2) is 23.5 Å². The van der Waals surface area contributed by atoms with Crippen molar-refractivity contribution in [1.29, 1.82) is 0 Å². The normalized spacial score (nSPS) is 12.0. The minimum atomic E-state index is -0.589. The number of aromatic nitrogens is 1. The first-order valence-electron chi connectivity index (χ1n) is 9.03. The summed E-state index contributed by atoms with van der Waals surface area (Å²) in [5, 5.41) is 7.35. The van der Waals surface area contributed by atoms with E-state index in [1.165, 1.54) is 11.3 Å². The second kappa shape index (κ2) is 9.61. The van der Waals surface area contributed by atoms with Gasteiger partial charge in [0.1, 0.15) is 5.01 Å². The highest BCUT2D eigenvalue weighted by molar-refractivity contribution is 7.20. The maximum absolute atomic E-state index is 12.3. The maximum atomic E-state index is 12.3. The monoisotopic (exact) mass is 414 g/mol. The number of carbonyl (C=O) groups is 2. The third-order valence-corrected chi connectivity index (χ3v) is 5.91. The van der Waals surface area contributed by atoms with Gasteiger partial charge in [-0.1, -0.05) is 50.2 Å². The highest BCUT2D eigenvalue weighted by Gasteiger charge is 2.19. The predicted molar refractivity (Wildman–Crippen MR) is 112 cm³/mol. The van der Waals surface area contributed by atoms with Crippen molar-refractivity contribution < 1.29 is 14.3 Å². The molecule has 1 atom stereocenters. The first-order valence-corrected chi connectivity index (χ1v) is 10.8. The topological polar surface area (TPSA) is 68.3 Å². The van der Waals surface area contributed by atoms with Crippen molar-refractivity contribution in [2.45, 2.75) is 26.3 Å². The fourth-order valence-corrected chi connectivity index (χ4v) is 4.36. The number of nitrogens with zero attached hydrogens (tertiary/aromatic N) is 1. The summed E-state index contributed by atoms with van der Waals surface area (Å²) in [6, 6.07) is 13.6. The van der Waals surface area contributed by atoms with E-state index in [1.807, 2.05) is 47.8 Å². The Bertz CT molecular complexity index is 905. The van der Waals surface area contributed by atoms with E-state index < -0.39 is 5.97 Å². The largest absolute Gasteiger partial charge is 0.451 e.